The Bertz CT molecular complexity index is 796. The van der Waals surface area contributed by atoms with E-state index in [1.165, 1.54) is 14.2 Å². The third kappa shape index (κ3) is 4.32. The lowest BCUT2D eigenvalue weighted by molar-refractivity contribution is -0.137. The number of aromatic hydroxyl groups is 1. The second-order valence-corrected chi connectivity index (χ2v) is 7.26. The Labute approximate surface area is 172 Å². The molecular weight excluding hydrogens is 430 g/mol. The minimum Gasteiger partial charge on any atom is -0.503 e. The van der Waals surface area contributed by atoms with E-state index in [1.54, 1.807) is 36.4 Å². The highest BCUT2D eigenvalue weighted by Crippen LogP contribution is 2.43. The first-order valence-electron chi connectivity index (χ1n) is 8.77. The largest absolute Gasteiger partial charge is 0.503 e. The minimum atomic E-state index is -0.744. The Morgan fingerprint density at radius 2 is 1.68 bits per heavy atom. The molecule has 0 amide bonds. The molecule has 0 atom stereocenters. The van der Waals surface area contributed by atoms with Crippen LogP contribution in [0, 0.1) is 0 Å². The van der Waals surface area contributed by atoms with E-state index in [1.807, 2.05) is 13.8 Å². The van der Waals surface area contributed by atoms with Crippen LogP contribution in [-0.4, -0.2) is 48.8 Å². The van der Waals surface area contributed by atoms with E-state index in [0.717, 1.165) is 0 Å². The fraction of sp³-hybridized carbons (Fsp3) is 0.400. The average Bonchev–Trinajstić information content (AvgIpc) is 2.68. The Morgan fingerprint density at radius 1 is 1.14 bits per heavy atom. The summed E-state index contributed by atoms with van der Waals surface area (Å²) in [4.78, 5) is 26.9. The highest BCUT2D eigenvalue weighted by molar-refractivity contribution is 9.10. The van der Waals surface area contributed by atoms with Gasteiger partial charge >= 0.3 is 11.9 Å². The van der Waals surface area contributed by atoms with Crippen molar-refractivity contribution in [3.05, 3.63) is 45.7 Å². The number of rotatable bonds is 6. The van der Waals surface area contributed by atoms with Crippen molar-refractivity contribution in [2.24, 2.45) is 0 Å². The third-order valence-electron chi connectivity index (χ3n) is 4.32. The fourth-order valence-electron chi connectivity index (χ4n) is 2.94. The van der Waals surface area contributed by atoms with Crippen molar-refractivity contribution in [2.75, 3.05) is 20.8 Å². The van der Waals surface area contributed by atoms with Crippen LogP contribution in [0.4, 0.5) is 0 Å². The van der Waals surface area contributed by atoms with Crippen LogP contribution in [0.2, 0.25) is 0 Å². The van der Waals surface area contributed by atoms with Crippen molar-refractivity contribution in [3.63, 3.8) is 0 Å². The number of phenols is 1. The van der Waals surface area contributed by atoms with Crippen molar-refractivity contribution >= 4 is 27.9 Å². The fourth-order valence-corrected chi connectivity index (χ4v) is 3.39. The number of esters is 2. The summed E-state index contributed by atoms with van der Waals surface area (Å²) in [6.45, 7) is 6.00. The van der Waals surface area contributed by atoms with Gasteiger partial charge in [-0.3, -0.25) is 0 Å². The van der Waals surface area contributed by atoms with E-state index in [9.17, 15) is 14.7 Å². The van der Waals surface area contributed by atoms with Crippen LogP contribution in [0.5, 0.6) is 11.5 Å². The predicted octanol–water partition coefficient (Wildman–Crippen LogP) is 3.47. The maximum Gasteiger partial charge on any atom is 0.336 e. The summed E-state index contributed by atoms with van der Waals surface area (Å²) < 4.78 is 15.8. The lowest BCUT2D eigenvalue weighted by Crippen LogP contribution is -2.31. The molecule has 0 radical (unpaired) electrons. The van der Waals surface area contributed by atoms with Gasteiger partial charge in [0.05, 0.1) is 42.4 Å². The first-order chi connectivity index (χ1) is 13.2. The SMILES string of the molecule is CCOc1cc(C2C(C(=O)OC)=CN(C(C)C)C=C2C(=O)OC)cc(Br)c1O. The molecule has 1 aliphatic rings. The van der Waals surface area contributed by atoms with Crippen molar-refractivity contribution < 1.29 is 28.9 Å². The van der Waals surface area contributed by atoms with Crippen LogP contribution in [-0.2, 0) is 19.1 Å². The maximum atomic E-state index is 12.5. The van der Waals surface area contributed by atoms with Gasteiger partial charge in [-0.05, 0) is 54.4 Å². The molecule has 2 rings (SSSR count). The highest BCUT2D eigenvalue weighted by Gasteiger charge is 2.36. The molecule has 1 N–H and O–H groups in total. The number of hydrogen-bond donors (Lipinski definition) is 1. The molecule has 0 fully saturated rings. The predicted molar refractivity (Wildman–Crippen MR) is 107 cm³/mol. The summed E-state index contributed by atoms with van der Waals surface area (Å²) >= 11 is 3.31. The number of benzene rings is 1. The molecule has 8 heteroatoms. The molecule has 7 nitrogen and oxygen atoms in total. The molecule has 152 valence electrons. The van der Waals surface area contributed by atoms with Gasteiger partial charge in [0.25, 0.3) is 0 Å². The lowest BCUT2D eigenvalue weighted by Gasteiger charge is -2.32. The van der Waals surface area contributed by atoms with Gasteiger partial charge in [-0.1, -0.05) is 0 Å². The van der Waals surface area contributed by atoms with Gasteiger partial charge in [-0.25, -0.2) is 9.59 Å². The van der Waals surface area contributed by atoms with Crippen LogP contribution >= 0.6 is 15.9 Å². The zero-order valence-corrected chi connectivity index (χ0v) is 18.1. The molecule has 1 heterocycles. The monoisotopic (exact) mass is 453 g/mol. The maximum absolute atomic E-state index is 12.5. The zero-order chi connectivity index (χ0) is 21.0. The van der Waals surface area contributed by atoms with E-state index < -0.39 is 17.9 Å². The number of ether oxygens (including phenoxy) is 3. The first-order valence-corrected chi connectivity index (χ1v) is 9.57. The molecule has 0 unspecified atom stereocenters. The van der Waals surface area contributed by atoms with Gasteiger partial charge in [0.15, 0.2) is 11.5 Å². The lowest BCUT2D eigenvalue weighted by atomic mass is 9.83. The number of halogens is 1. The number of carbonyl (C=O) groups is 2. The minimum absolute atomic E-state index is 0.00537. The van der Waals surface area contributed by atoms with Crippen LogP contribution in [0.15, 0.2) is 40.2 Å². The third-order valence-corrected chi connectivity index (χ3v) is 4.93. The van der Waals surface area contributed by atoms with E-state index in [4.69, 9.17) is 14.2 Å². The number of methoxy groups -OCH3 is 2. The summed E-state index contributed by atoms with van der Waals surface area (Å²) in [5.41, 5.74) is 1.13. The summed E-state index contributed by atoms with van der Waals surface area (Å²) in [6.07, 6.45) is 3.32. The van der Waals surface area contributed by atoms with Gasteiger partial charge in [0.2, 0.25) is 0 Å². The molecule has 0 spiro atoms. The number of nitrogens with zero attached hydrogens (tertiary/aromatic N) is 1. The number of hydrogen-bond acceptors (Lipinski definition) is 7. The average molecular weight is 454 g/mol. The number of phenolic OH excluding ortho intramolecular Hbond substituents is 1. The highest BCUT2D eigenvalue weighted by atomic mass is 79.9. The Balaban J connectivity index is 2.71. The van der Waals surface area contributed by atoms with E-state index >= 15 is 0 Å². The molecule has 0 aliphatic carbocycles. The van der Waals surface area contributed by atoms with Gasteiger partial charge in [-0.2, -0.15) is 0 Å². The molecule has 1 aliphatic heterocycles. The van der Waals surface area contributed by atoms with Gasteiger partial charge in [0.1, 0.15) is 0 Å². The molecule has 1 aromatic carbocycles. The molecule has 0 aromatic heterocycles. The molecular formula is C20H24BrNO6. The quantitative estimate of drug-likeness (QED) is 0.659. The van der Waals surface area contributed by atoms with Crippen molar-refractivity contribution in [3.8, 4) is 11.5 Å². The van der Waals surface area contributed by atoms with E-state index in [0.29, 0.717) is 16.6 Å². The summed E-state index contributed by atoms with van der Waals surface area (Å²) in [5.74, 6) is -1.69. The van der Waals surface area contributed by atoms with Crippen LogP contribution in [0.25, 0.3) is 0 Å². The molecule has 0 bridgehead atoms. The normalized spacial score (nSPS) is 14.5. The van der Waals surface area contributed by atoms with Crippen molar-refractivity contribution in [1.82, 2.24) is 4.90 Å². The van der Waals surface area contributed by atoms with Crippen molar-refractivity contribution in [2.45, 2.75) is 32.7 Å². The smallest absolute Gasteiger partial charge is 0.336 e. The van der Waals surface area contributed by atoms with Crippen molar-refractivity contribution in [1.29, 1.82) is 0 Å². The molecule has 0 saturated carbocycles. The van der Waals surface area contributed by atoms with Gasteiger partial charge in [0, 0.05) is 18.4 Å². The Morgan fingerprint density at radius 3 is 2.11 bits per heavy atom. The summed E-state index contributed by atoms with van der Waals surface area (Å²) in [5, 5.41) is 10.2. The Hall–Kier alpha value is -2.48. The van der Waals surface area contributed by atoms with Crippen LogP contribution < -0.4 is 4.74 Å². The zero-order valence-electron chi connectivity index (χ0n) is 16.5. The first kappa shape index (κ1) is 21.8. The second-order valence-electron chi connectivity index (χ2n) is 6.41. The van der Waals surface area contributed by atoms with E-state index in [2.05, 4.69) is 15.9 Å². The summed E-state index contributed by atoms with van der Waals surface area (Å²) in [6, 6.07) is 3.25. The Kier molecular flexibility index (Phi) is 7.12. The van der Waals surface area contributed by atoms with Gasteiger partial charge < -0.3 is 24.2 Å². The topological polar surface area (TPSA) is 85.3 Å². The molecule has 1 aromatic rings. The summed E-state index contributed by atoms with van der Waals surface area (Å²) in [7, 11) is 2.57. The van der Waals surface area contributed by atoms with Gasteiger partial charge in [-0.15, -0.1) is 0 Å². The number of carbonyl (C=O) groups excluding carboxylic acids is 2. The standard InChI is InChI=1S/C20H24BrNO6/c1-6-28-16-8-12(7-15(21)18(16)23)17-13(19(24)26-4)9-22(11(2)3)10-14(17)20(25)27-5/h7-11,17,23H,6H2,1-5H3. The van der Waals surface area contributed by atoms with E-state index in [-0.39, 0.29) is 28.7 Å². The molecule has 28 heavy (non-hydrogen) atoms. The molecule has 0 saturated heterocycles. The van der Waals surface area contributed by atoms with Crippen LogP contribution in [0.1, 0.15) is 32.3 Å². The van der Waals surface area contributed by atoms with Crippen LogP contribution in [0.3, 0.4) is 0 Å². The second kappa shape index (κ2) is 9.14.